The molecule has 0 saturated carbocycles. The van der Waals surface area contributed by atoms with Gasteiger partial charge >= 0.3 is 0 Å². The van der Waals surface area contributed by atoms with Gasteiger partial charge in [0, 0.05) is 22.3 Å². The molecule has 0 radical (unpaired) electrons. The first-order valence-corrected chi connectivity index (χ1v) is 9.25. The Morgan fingerprint density at radius 2 is 1.96 bits per heavy atom. The zero-order chi connectivity index (χ0) is 19.2. The molecule has 1 fully saturated rings. The van der Waals surface area contributed by atoms with Crippen LogP contribution in [0.3, 0.4) is 0 Å². The Morgan fingerprint density at radius 3 is 2.63 bits per heavy atom. The van der Waals surface area contributed by atoms with E-state index in [-0.39, 0.29) is 17.6 Å². The molecule has 0 bridgehead atoms. The molecule has 2 N–H and O–H groups in total. The Labute approximate surface area is 164 Å². The van der Waals surface area contributed by atoms with E-state index < -0.39 is 17.5 Å². The number of ether oxygens (including phenoxy) is 1. The van der Waals surface area contributed by atoms with Crippen molar-refractivity contribution >= 4 is 33.5 Å². The molecule has 0 aliphatic carbocycles. The second-order valence-corrected chi connectivity index (χ2v) is 6.95. The van der Waals surface area contributed by atoms with E-state index in [9.17, 15) is 13.6 Å². The third-order valence-electron chi connectivity index (χ3n) is 4.00. The van der Waals surface area contributed by atoms with Gasteiger partial charge in [-0.15, -0.1) is 0 Å². The molecule has 5 nitrogen and oxygen atoms in total. The Hall–Kier alpha value is -2.32. The van der Waals surface area contributed by atoms with Crippen LogP contribution in [0, 0.1) is 11.6 Å². The van der Waals surface area contributed by atoms with Gasteiger partial charge in [-0.05, 0) is 55.3 Å². The van der Waals surface area contributed by atoms with Crippen molar-refractivity contribution in [3.8, 4) is 0 Å². The zero-order valence-corrected chi connectivity index (χ0v) is 15.9. The highest BCUT2D eigenvalue weighted by molar-refractivity contribution is 9.10. The summed E-state index contributed by atoms with van der Waals surface area (Å²) in [5.74, 6) is -2.47. The summed E-state index contributed by atoms with van der Waals surface area (Å²) in [6.07, 6.45) is 1.90. The fraction of sp³-hybridized carbons (Fsp3) is 0.263. The monoisotopic (exact) mass is 437 g/mol. The van der Waals surface area contributed by atoms with Crippen LogP contribution < -0.4 is 10.6 Å². The van der Waals surface area contributed by atoms with Gasteiger partial charge in [-0.25, -0.2) is 13.8 Å². The molecule has 0 spiro atoms. The van der Waals surface area contributed by atoms with Crippen LogP contribution in [-0.2, 0) is 4.74 Å². The first-order chi connectivity index (χ1) is 13.0. The number of aliphatic imine (C=N–C) groups is 1. The molecule has 2 aromatic rings. The minimum Gasteiger partial charge on any atom is -0.376 e. The minimum atomic E-state index is -1.08. The third-order valence-corrected chi connectivity index (χ3v) is 4.53. The van der Waals surface area contributed by atoms with Crippen LogP contribution in [0.5, 0.6) is 0 Å². The highest BCUT2D eigenvalue weighted by Crippen LogP contribution is 2.15. The Morgan fingerprint density at radius 1 is 1.19 bits per heavy atom. The molecule has 1 amide bonds. The van der Waals surface area contributed by atoms with E-state index in [2.05, 4.69) is 31.6 Å². The second kappa shape index (κ2) is 9.05. The number of carbonyl (C=O) groups is 1. The summed E-state index contributed by atoms with van der Waals surface area (Å²) in [4.78, 5) is 16.8. The predicted molar refractivity (Wildman–Crippen MR) is 103 cm³/mol. The van der Waals surface area contributed by atoms with Crippen molar-refractivity contribution in [3.05, 3.63) is 64.1 Å². The van der Waals surface area contributed by atoms with E-state index in [0.29, 0.717) is 13.2 Å². The van der Waals surface area contributed by atoms with Gasteiger partial charge in [-0.1, -0.05) is 15.9 Å². The molecular formula is C19H18BrF2N3O2. The first kappa shape index (κ1) is 19.4. The van der Waals surface area contributed by atoms with Crippen molar-refractivity contribution in [2.45, 2.75) is 18.9 Å². The van der Waals surface area contributed by atoms with E-state index in [1.807, 2.05) is 24.3 Å². The van der Waals surface area contributed by atoms with Crippen LogP contribution in [0.2, 0.25) is 0 Å². The summed E-state index contributed by atoms with van der Waals surface area (Å²) in [6.45, 7) is 1.09. The number of nitrogens with one attached hydrogen (secondary N) is 2. The number of halogens is 3. The molecule has 2 aromatic carbocycles. The highest BCUT2D eigenvalue weighted by atomic mass is 79.9. The van der Waals surface area contributed by atoms with Gasteiger partial charge in [0.15, 0.2) is 11.6 Å². The molecule has 1 unspecified atom stereocenters. The number of rotatable bonds is 4. The predicted octanol–water partition coefficient (Wildman–Crippen LogP) is 4.10. The molecule has 0 aromatic heterocycles. The van der Waals surface area contributed by atoms with Crippen molar-refractivity contribution in [2.75, 3.05) is 18.5 Å². The van der Waals surface area contributed by atoms with Gasteiger partial charge in [0.1, 0.15) is 0 Å². The van der Waals surface area contributed by atoms with Crippen molar-refractivity contribution < 1.29 is 18.3 Å². The van der Waals surface area contributed by atoms with E-state index in [4.69, 9.17) is 4.74 Å². The maximum Gasteiger partial charge on any atom is 0.258 e. The van der Waals surface area contributed by atoms with Gasteiger partial charge in [-0.3, -0.25) is 10.1 Å². The van der Waals surface area contributed by atoms with Gasteiger partial charge in [0.25, 0.3) is 5.91 Å². The molecule has 142 valence electrons. The van der Waals surface area contributed by atoms with Crippen LogP contribution in [0.1, 0.15) is 23.2 Å². The maximum atomic E-state index is 13.4. The van der Waals surface area contributed by atoms with Gasteiger partial charge in [-0.2, -0.15) is 0 Å². The van der Waals surface area contributed by atoms with Crippen molar-refractivity contribution in [1.82, 2.24) is 5.32 Å². The molecule has 1 aliphatic rings. The van der Waals surface area contributed by atoms with Gasteiger partial charge < -0.3 is 10.1 Å². The summed E-state index contributed by atoms with van der Waals surface area (Å²) >= 11 is 3.36. The Bertz CT molecular complexity index is 837. The van der Waals surface area contributed by atoms with Crippen molar-refractivity contribution in [2.24, 2.45) is 4.99 Å². The summed E-state index contributed by atoms with van der Waals surface area (Å²) in [7, 11) is 0. The molecule has 27 heavy (non-hydrogen) atoms. The Kier molecular flexibility index (Phi) is 6.52. The summed E-state index contributed by atoms with van der Waals surface area (Å²) in [6, 6.07) is 10.3. The van der Waals surface area contributed by atoms with E-state index in [1.165, 1.54) is 6.07 Å². The molecule has 1 aliphatic heterocycles. The SMILES string of the molecule is O=C(NC(=NCC1CCCO1)Nc1ccc(Br)cc1)c1ccc(F)c(F)c1. The van der Waals surface area contributed by atoms with Gasteiger partial charge in [0.2, 0.25) is 5.96 Å². The average molecular weight is 438 g/mol. The number of carbonyl (C=O) groups excluding carboxylic acids is 1. The Balaban J connectivity index is 1.75. The van der Waals surface area contributed by atoms with E-state index >= 15 is 0 Å². The lowest BCUT2D eigenvalue weighted by Gasteiger charge is -2.13. The molecule has 8 heteroatoms. The lowest BCUT2D eigenvalue weighted by molar-refractivity contribution is 0.0975. The number of anilines is 1. The normalized spacial score (nSPS) is 17.0. The number of amides is 1. The largest absolute Gasteiger partial charge is 0.376 e. The first-order valence-electron chi connectivity index (χ1n) is 8.46. The number of hydrogen-bond acceptors (Lipinski definition) is 3. The van der Waals surface area contributed by atoms with Crippen LogP contribution in [0.15, 0.2) is 51.9 Å². The van der Waals surface area contributed by atoms with Crippen molar-refractivity contribution in [1.29, 1.82) is 0 Å². The molecule has 1 heterocycles. The van der Waals surface area contributed by atoms with Crippen LogP contribution >= 0.6 is 15.9 Å². The minimum absolute atomic E-state index is 0.00341. The fourth-order valence-corrected chi connectivity index (χ4v) is 2.84. The lowest BCUT2D eigenvalue weighted by atomic mass is 10.2. The number of nitrogens with zero attached hydrogens (tertiary/aromatic N) is 1. The number of benzene rings is 2. The summed E-state index contributed by atoms with van der Waals surface area (Å²) in [5, 5.41) is 5.64. The van der Waals surface area contributed by atoms with Crippen LogP contribution in [0.25, 0.3) is 0 Å². The van der Waals surface area contributed by atoms with E-state index in [0.717, 1.165) is 35.1 Å². The van der Waals surface area contributed by atoms with Crippen LogP contribution in [-0.4, -0.2) is 31.1 Å². The summed E-state index contributed by atoms with van der Waals surface area (Å²) in [5.41, 5.74) is 0.714. The quantitative estimate of drug-likeness (QED) is 0.558. The van der Waals surface area contributed by atoms with Crippen LogP contribution in [0.4, 0.5) is 14.5 Å². The maximum absolute atomic E-state index is 13.4. The topological polar surface area (TPSA) is 62.7 Å². The molecule has 1 atom stereocenters. The molecule has 3 rings (SSSR count). The summed E-state index contributed by atoms with van der Waals surface area (Å²) < 4.78 is 32.9. The van der Waals surface area contributed by atoms with Crippen molar-refractivity contribution in [3.63, 3.8) is 0 Å². The molecule has 1 saturated heterocycles. The van der Waals surface area contributed by atoms with E-state index in [1.54, 1.807) is 0 Å². The van der Waals surface area contributed by atoms with Gasteiger partial charge in [0.05, 0.1) is 12.6 Å². The molecular weight excluding hydrogens is 420 g/mol. The lowest BCUT2D eigenvalue weighted by Crippen LogP contribution is -2.36. The average Bonchev–Trinajstić information content (AvgIpc) is 3.17. The fourth-order valence-electron chi connectivity index (χ4n) is 2.58. The smallest absolute Gasteiger partial charge is 0.258 e. The number of guanidine groups is 1. The third kappa shape index (κ3) is 5.58. The zero-order valence-electron chi connectivity index (χ0n) is 14.3. The highest BCUT2D eigenvalue weighted by Gasteiger charge is 2.16. The number of hydrogen-bond donors (Lipinski definition) is 2. The standard InChI is InChI=1S/C19H18BrF2N3O2/c20-13-4-6-14(7-5-13)24-19(23-11-15-2-1-9-27-15)25-18(26)12-3-8-16(21)17(22)10-12/h3-8,10,15H,1-2,9,11H2,(H2,23,24,25,26). The second-order valence-electron chi connectivity index (χ2n) is 6.04.